The molecule has 0 aliphatic carbocycles. The topological polar surface area (TPSA) is 142 Å². The van der Waals surface area contributed by atoms with Crippen molar-refractivity contribution in [2.75, 3.05) is 6.54 Å². The molecule has 0 aliphatic rings. The maximum atomic E-state index is 12.5. The number of guanidine groups is 1. The van der Waals surface area contributed by atoms with Gasteiger partial charge in [-0.25, -0.2) is 4.79 Å². The lowest BCUT2D eigenvalue weighted by atomic mass is 9.92. The van der Waals surface area contributed by atoms with E-state index in [0.29, 0.717) is 18.7 Å². The van der Waals surface area contributed by atoms with Gasteiger partial charge in [-0.3, -0.25) is 20.1 Å². The van der Waals surface area contributed by atoms with Crippen LogP contribution in [0.1, 0.15) is 38.4 Å². The smallest absolute Gasteiger partial charge is 0.354 e. The summed E-state index contributed by atoms with van der Waals surface area (Å²) < 4.78 is 1.53. The molecule has 0 fully saturated rings. The first-order valence-corrected chi connectivity index (χ1v) is 9.70. The van der Waals surface area contributed by atoms with E-state index < -0.39 is 0 Å². The number of nitrogens with one attached hydrogen (secondary N) is 4. The van der Waals surface area contributed by atoms with E-state index in [0.717, 1.165) is 22.3 Å². The molecule has 0 unspecified atom stereocenters. The molecule has 3 aromatic rings. The number of nitrogens with zero attached hydrogens (tertiary/aromatic N) is 2. The van der Waals surface area contributed by atoms with Crippen LogP contribution in [-0.2, 0) is 16.8 Å². The number of rotatable bonds is 6. The number of amides is 1. The number of hydrogen-bond acceptors (Lipinski definition) is 5. The van der Waals surface area contributed by atoms with Crippen LogP contribution in [0, 0.1) is 5.41 Å². The van der Waals surface area contributed by atoms with Gasteiger partial charge in [0.25, 0.3) is 0 Å². The second-order valence-corrected chi connectivity index (χ2v) is 8.19. The summed E-state index contributed by atoms with van der Waals surface area (Å²) in [6, 6.07) is 9.61. The highest BCUT2D eigenvalue weighted by Crippen LogP contribution is 2.24. The third-order valence-electron chi connectivity index (χ3n) is 4.66. The molecule has 9 heteroatoms. The number of carbonyl (C=O) groups excluding carboxylic acids is 1. The minimum atomic E-state index is -0.354. The second-order valence-electron chi connectivity index (χ2n) is 8.19. The van der Waals surface area contributed by atoms with Crippen molar-refractivity contribution in [3.05, 3.63) is 58.3 Å². The summed E-state index contributed by atoms with van der Waals surface area (Å²) in [5.74, 6) is -0.653. The number of nitrogens with two attached hydrogens (primary N) is 1. The van der Waals surface area contributed by atoms with E-state index in [2.05, 4.69) is 41.4 Å². The Bertz CT molecular complexity index is 1120. The van der Waals surface area contributed by atoms with E-state index in [1.54, 1.807) is 6.20 Å². The summed E-state index contributed by atoms with van der Waals surface area (Å²) in [4.78, 5) is 31.3. The second kappa shape index (κ2) is 8.50. The molecule has 158 valence electrons. The van der Waals surface area contributed by atoms with Gasteiger partial charge in [0.1, 0.15) is 5.65 Å². The van der Waals surface area contributed by atoms with Crippen LogP contribution in [0.4, 0.5) is 0 Å². The Balaban J connectivity index is 1.68. The monoisotopic (exact) mass is 409 g/mol. The summed E-state index contributed by atoms with van der Waals surface area (Å²) in [6.45, 7) is 7.35. The quantitative estimate of drug-likeness (QED) is 0.238. The number of fused-ring (bicyclic) bond motifs is 1. The first-order valence-electron chi connectivity index (χ1n) is 9.70. The standard InChI is InChI=1S/C21H27N7O2/c1-21(2,3)16-10-14-12-28(20(30)27-18(14)25-16)15-6-4-13(5-7-15)11-24-9-8-17(29)26-19(22)23/h4-7,10,12,24H,8-9,11H2,1-3H3,(H,25,27,30)(H4,22,23,26,29). The molecule has 3 rings (SSSR count). The van der Waals surface area contributed by atoms with E-state index in [4.69, 9.17) is 11.1 Å². The first-order chi connectivity index (χ1) is 14.1. The van der Waals surface area contributed by atoms with Crippen LogP contribution in [0.5, 0.6) is 0 Å². The number of H-pyrrole nitrogens is 1. The van der Waals surface area contributed by atoms with Crippen LogP contribution in [0.15, 0.2) is 41.3 Å². The molecule has 9 nitrogen and oxygen atoms in total. The fraction of sp³-hybridized carbons (Fsp3) is 0.333. The number of hydrogen-bond donors (Lipinski definition) is 5. The Kier molecular flexibility index (Phi) is 6.02. The Morgan fingerprint density at radius 3 is 2.60 bits per heavy atom. The predicted octanol–water partition coefficient (Wildman–Crippen LogP) is 1.50. The van der Waals surface area contributed by atoms with Crippen molar-refractivity contribution in [2.45, 2.75) is 39.2 Å². The van der Waals surface area contributed by atoms with Gasteiger partial charge in [0, 0.05) is 42.2 Å². The Hall–Kier alpha value is -3.46. The van der Waals surface area contributed by atoms with E-state index in [1.165, 1.54) is 4.57 Å². The van der Waals surface area contributed by atoms with Crippen LogP contribution in [0.25, 0.3) is 16.7 Å². The zero-order chi connectivity index (χ0) is 21.9. The maximum Gasteiger partial charge on any atom is 0.354 e. The Morgan fingerprint density at radius 2 is 1.97 bits per heavy atom. The van der Waals surface area contributed by atoms with Gasteiger partial charge in [-0.05, 0) is 23.8 Å². The van der Waals surface area contributed by atoms with Gasteiger partial charge in [-0.1, -0.05) is 32.9 Å². The molecule has 2 heterocycles. The van der Waals surface area contributed by atoms with Gasteiger partial charge in [0.05, 0.1) is 5.69 Å². The molecule has 0 bridgehead atoms. The molecule has 0 atom stereocenters. The normalized spacial score (nSPS) is 11.6. The number of benzene rings is 1. The SMILES string of the molecule is CC(C)(C)c1cc2cn(-c3ccc(CNCCC(=O)NC(=N)N)cc3)c(=O)nc2[nH]1. The van der Waals surface area contributed by atoms with Crippen molar-refractivity contribution in [1.29, 1.82) is 5.41 Å². The lowest BCUT2D eigenvalue weighted by Gasteiger charge is -2.15. The molecular formula is C21H27N7O2. The maximum absolute atomic E-state index is 12.5. The number of aromatic amines is 1. The zero-order valence-electron chi connectivity index (χ0n) is 17.4. The van der Waals surface area contributed by atoms with E-state index >= 15 is 0 Å². The molecule has 1 aromatic carbocycles. The van der Waals surface area contributed by atoms with Crippen LogP contribution >= 0.6 is 0 Å². The number of carbonyl (C=O) groups is 1. The lowest BCUT2D eigenvalue weighted by Crippen LogP contribution is -2.37. The van der Waals surface area contributed by atoms with Crippen molar-refractivity contribution in [3.8, 4) is 5.69 Å². The average molecular weight is 409 g/mol. The largest absolute Gasteiger partial charge is 0.370 e. The Morgan fingerprint density at radius 1 is 1.27 bits per heavy atom. The minimum absolute atomic E-state index is 0.0596. The molecule has 30 heavy (non-hydrogen) atoms. The summed E-state index contributed by atoms with van der Waals surface area (Å²) in [6.07, 6.45) is 2.03. The molecular weight excluding hydrogens is 382 g/mol. The van der Waals surface area contributed by atoms with Gasteiger partial charge in [-0.15, -0.1) is 0 Å². The molecule has 1 amide bonds. The van der Waals surface area contributed by atoms with Gasteiger partial charge in [0.2, 0.25) is 5.91 Å². The lowest BCUT2D eigenvalue weighted by molar-refractivity contribution is -0.119. The van der Waals surface area contributed by atoms with Crippen molar-refractivity contribution in [3.63, 3.8) is 0 Å². The molecule has 0 aliphatic heterocycles. The first kappa shape index (κ1) is 21.3. The summed E-state index contributed by atoms with van der Waals surface area (Å²) >= 11 is 0. The van der Waals surface area contributed by atoms with Gasteiger partial charge < -0.3 is 16.0 Å². The molecule has 0 saturated heterocycles. The average Bonchev–Trinajstić information content (AvgIpc) is 3.08. The van der Waals surface area contributed by atoms with Gasteiger partial charge in [-0.2, -0.15) is 4.98 Å². The van der Waals surface area contributed by atoms with Crippen LogP contribution in [0.2, 0.25) is 0 Å². The zero-order valence-corrected chi connectivity index (χ0v) is 17.4. The van der Waals surface area contributed by atoms with Crippen molar-refractivity contribution in [1.82, 2.24) is 25.2 Å². The van der Waals surface area contributed by atoms with E-state index in [9.17, 15) is 9.59 Å². The fourth-order valence-corrected chi connectivity index (χ4v) is 3.01. The molecule has 0 spiro atoms. The summed E-state index contributed by atoms with van der Waals surface area (Å²) in [5.41, 5.74) is 8.09. The predicted molar refractivity (Wildman–Crippen MR) is 117 cm³/mol. The third-order valence-corrected chi connectivity index (χ3v) is 4.66. The fourth-order valence-electron chi connectivity index (χ4n) is 3.01. The summed E-state index contributed by atoms with van der Waals surface area (Å²) in [7, 11) is 0. The highest BCUT2D eigenvalue weighted by molar-refractivity contribution is 5.94. The van der Waals surface area contributed by atoms with Crippen molar-refractivity contribution in [2.24, 2.45) is 5.73 Å². The minimum Gasteiger partial charge on any atom is -0.370 e. The molecule has 2 aromatic heterocycles. The molecule has 0 saturated carbocycles. The number of aromatic nitrogens is 3. The third kappa shape index (κ3) is 5.12. The van der Waals surface area contributed by atoms with Gasteiger partial charge >= 0.3 is 5.69 Å². The molecule has 0 radical (unpaired) electrons. The summed E-state index contributed by atoms with van der Waals surface area (Å²) in [5, 5.41) is 13.3. The van der Waals surface area contributed by atoms with Gasteiger partial charge in [0.15, 0.2) is 5.96 Å². The van der Waals surface area contributed by atoms with E-state index in [-0.39, 0.29) is 29.4 Å². The van der Waals surface area contributed by atoms with Crippen LogP contribution in [0.3, 0.4) is 0 Å². The van der Waals surface area contributed by atoms with Crippen LogP contribution < -0.4 is 22.1 Å². The van der Waals surface area contributed by atoms with Crippen LogP contribution in [-0.4, -0.2) is 32.9 Å². The van der Waals surface area contributed by atoms with Crippen molar-refractivity contribution >= 4 is 22.9 Å². The van der Waals surface area contributed by atoms with Crippen molar-refractivity contribution < 1.29 is 4.79 Å². The Labute approximate surface area is 174 Å². The highest BCUT2D eigenvalue weighted by atomic mass is 16.2. The van der Waals surface area contributed by atoms with E-state index in [1.807, 2.05) is 30.3 Å². The molecule has 6 N–H and O–H groups in total. The highest BCUT2D eigenvalue weighted by Gasteiger charge is 2.17.